The summed E-state index contributed by atoms with van der Waals surface area (Å²) in [7, 11) is 3.33. The summed E-state index contributed by atoms with van der Waals surface area (Å²) in [6.07, 6.45) is 3.99. The Labute approximate surface area is 119 Å². The Morgan fingerprint density at radius 3 is 2.40 bits per heavy atom. The van der Waals surface area contributed by atoms with Crippen LogP contribution in [0.1, 0.15) is 29.5 Å². The van der Waals surface area contributed by atoms with Gasteiger partial charge >= 0.3 is 0 Å². The van der Waals surface area contributed by atoms with Crippen LogP contribution >= 0.6 is 0 Å². The van der Waals surface area contributed by atoms with Gasteiger partial charge in [0.2, 0.25) is 0 Å². The Bertz CT molecular complexity index is 464. The number of ether oxygens (including phenoxy) is 3. The minimum Gasteiger partial charge on any atom is -0.493 e. The lowest BCUT2D eigenvalue weighted by Gasteiger charge is -2.29. The van der Waals surface area contributed by atoms with Gasteiger partial charge in [-0.05, 0) is 25.7 Å². The first-order valence-electron chi connectivity index (χ1n) is 7.12. The molecule has 0 amide bonds. The zero-order chi connectivity index (χ0) is 13.9. The van der Waals surface area contributed by atoms with Crippen LogP contribution in [0, 0.1) is 0 Å². The molecule has 0 fully saturated rings. The third-order valence-electron chi connectivity index (χ3n) is 3.90. The molecule has 5 heteroatoms. The summed E-state index contributed by atoms with van der Waals surface area (Å²) in [6, 6.07) is 0. The van der Waals surface area contributed by atoms with Gasteiger partial charge in [0.05, 0.1) is 34.0 Å². The number of hydrogen-bond donors (Lipinski definition) is 1. The highest BCUT2D eigenvalue weighted by Crippen LogP contribution is 2.48. The maximum atomic E-state index is 5.93. The minimum atomic E-state index is 0.620. The zero-order valence-corrected chi connectivity index (χ0v) is 12.1. The number of nitrogens with one attached hydrogen (secondary N) is 1. The standard InChI is InChI=1S/C15H21NO4/c1-17-14-11-6-4-7-19-13(11)12(9-16-18-2)10-5-3-8-20-15(10)14/h16H,3-9H2,1-2H3. The molecule has 1 aromatic carbocycles. The van der Waals surface area contributed by atoms with Crippen LogP contribution in [0.3, 0.4) is 0 Å². The van der Waals surface area contributed by atoms with Crippen LogP contribution in [0.5, 0.6) is 17.2 Å². The Morgan fingerprint density at radius 1 is 1.00 bits per heavy atom. The zero-order valence-electron chi connectivity index (χ0n) is 12.1. The summed E-state index contributed by atoms with van der Waals surface area (Å²) in [5.41, 5.74) is 6.40. The highest BCUT2D eigenvalue weighted by Gasteiger charge is 2.29. The lowest BCUT2D eigenvalue weighted by molar-refractivity contribution is 0.0852. The van der Waals surface area contributed by atoms with E-state index >= 15 is 0 Å². The summed E-state index contributed by atoms with van der Waals surface area (Å²) in [6.45, 7) is 2.13. The smallest absolute Gasteiger partial charge is 0.167 e. The van der Waals surface area contributed by atoms with E-state index in [1.807, 2.05) is 0 Å². The quantitative estimate of drug-likeness (QED) is 0.854. The van der Waals surface area contributed by atoms with E-state index in [1.54, 1.807) is 14.2 Å². The van der Waals surface area contributed by atoms with Gasteiger partial charge in [-0.1, -0.05) is 0 Å². The van der Waals surface area contributed by atoms with Crippen LogP contribution in [0.2, 0.25) is 0 Å². The molecule has 110 valence electrons. The van der Waals surface area contributed by atoms with E-state index in [1.165, 1.54) is 5.56 Å². The van der Waals surface area contributed by atoms with Crippen LogP contribution in [-0.2, 0) is 24.2 Å². The first-order valence-corrected chi connectivity index (χ1v) is 7.12. The van der Waals surface area contributed by atoms with Crippen molar-refractivity contribution in [1.29, 1.82) is 0 Å². The van der Waals surface area contributed by atoms with Gasteiger partial charge in [0, 0.05) is 16.7 Å². The van der Waals surface area contributed by atoms with E-state index in [-0.39, 0.29) is 0 Å². The average Bonchev–Trinajstić information content (AvgIpc) is 2.51. The second kappa shape index (κ2) is 5.89. The minimum absolute atomic E-state index is 0.620. The Kier molecular flexibility index (Phi) is 3.98. The van der Waals surface area contributed by atoms with Gasteiger partial charge in [-0.25, -0.2) is 0 Å². The average molecular weight is 279 g/mol. The van der Waals surface area contributed by atoms with E-state index in [2.05, 4.69) is 5.48 Å². The lowest BCUT2D eigenvalue weighted by atomic mass is 9.92. The molecule has 5 nitrogen and oxygen atoms in total. The molecule has 0 saturated carbocycles. The summed E-state index contributed by atoms with van der Waals surface area (Å²) in [4.78, 5) is 5.01. The van der Waals surface area contributed by atoms with Gasteiger partial charge in [-0.15, -0.1) is 0 Å². The molecule has 2 aliphatic heterocycles. The number of rotatable bonds is 4. The van der Waals surface area contributed by atoms with Crippen LogP contribution in [-0.4, -0.2) is 27.4 Å². The second-order valence-electron chi connectivity index (χ2n) is 5.06. The maximum absolute atomic E-state index is 5.93. The molecular weight excluding hydrogens is 258 g/mol. The molecule has 0 unspecified atom stereocenters. The molecule has 0 aromatic heterocycles. The molecule has 0 atom stereocenters. The van der Waals surface area contributed by atoms with E-state index in [9.17, 15) is 0 Å². The highest BCUT2D eigenvalue weighted by atomic mass is 16.6. The topological polar surface area (TPSA) is 49.0 Å². The largest absolute Gasteiger partial charge is 0.493 e. The van der Waals surface area contributed by atoms with Gasteiger partial charge in [0.15, 0.2) is 11.5 Å². The Morgan fingerprint density at radius 2 is 1.70 bits per heavy atom. The molecule has 0 bridgehead atoms. The maximum Gasteiger partial charge on any atom is 0.167 e. The van der Waals surface area contributed by atoms with Crippen molar-refractivity contribution >= 4 is 0 Å². The molecule has 20 heavy (non-hydrogen) atoms. The monoisotopic (exact) mass is 279 g/mol. The third kappa shape index (κ3) is 2.21. The normalized spacial score (nSPS) is 16.7. The molecule has 0 aliphatic carbocycles. The van der Waals surface area contributed by atoms with Gasteiger partial charge in [0.25, 0.3) is 0 Å². The molecule has 2 aliphatic rings. The lowest BCUT2D eigenvalue weighted by Crippen LogP contribution is -2.21. The highest BCUT2D eigenvalue weighted by molar-refractivity contribution is 5.64. The van der Waals surface area contributed by atoms with Crippen molar-refractivity contribution in [3.8, 4) is 17.2 Å². The summed E-state index contributed by atoms with van der Waals surface area (Å²) < 4.78 is 17.4. The van der Waals surface area contributed by atoms with E-state index < -0.39 is 0 Å². The molecular formula is C15H21NO4. The van der Waals surface area contributed by atoms with Gasteiger partial charge in [0.1, 0.15) is 5.75 Å². The molecule has 0 spiro atoms. The second-order valence-corrected chi connectivity index (χ2v) is 5.06. The Balaban J connectivity index is 2.15. The Hall–Kier alpha value is -1.46. The van der Waals surface area contributed by atoms with Crippen molar-refractivity contribution < 1.29 is 19.0 Å². The number of hydrogen-bond acceptors (Lipinski definition) is 5. The first kappa shape index (κ1) is 13.5. The fraction of sp³-hybridized carbons (Fsp3) is 0.600. The van der Waals surface area contributed by atoms with Crippen LogP contribution in [0.15, 0.2) is 0 Å². The number of benzene rings is 1. The molecule has 0 saturated heterocycles. The summed E-state index contributed by atoms with van der Waals surface area (Å²) in [5, 5.41) is 0. The summed E-state index contributed by atoms with van der Waals surface area (Å²) >= 11 is 0. The SMILES string of the molecule is CONCc1c2c(c(OC)c3c1OCCC3)OCCC2. The first-order chi connectivity index (χ1) is 9.86. The fourth-order valence-corrected chi connectivity index (χ4v) is 3.05. The summed E-state index contributed by atoms with van der Waals surface area (Å²) in [5.74, 6) is 2.72. The molecule has 1 aromatic rings. The van der Waals surface area contributed by atoms with Gasteiger partial charge < -0.3 is 19.0 Å². The van der Waals surface area contributed by atoms with Gasteiger partial charge in [-0.3, -0.25) is 0 Å². The predicted octanol–water partition coefficient (Wildman–Crippen LogP) is 2.00. The van der Waals surface area contributed by atoms with E-state index in [4.69, 9.17) is 19.0 Å². The molecule has 1 N–H and O–H groups in total. The predicted molar refractivity (Wildman–Crippen MR) is 74.5 cm³/mol. The molecule has 0 radical (unpaired) electrons. The van der Waals surface area contributed by atoms with Crippen molar-refractivity contribution in [3.05, 3.63) is 16.7 Å². The van der Waals surface area contributed by atoms with Crippen LogP contribution in [0.4, 0.5) is 0 Å². The fourth-order valence-electron chi connectivity index (χ4n) is 3.05. The molecule has 2 heterocycles. The van der Waals surface area contributed by atoms with Crippen molar-refractivity contribution in [2.75, 3.05) is 27.4 Å². The van der Waals surface area contributed by atoms with Crippen molar-refractivity contribution in [1.82, 2.24) is 5.48 Å². The van der Waals surface area contributed by atoms with E-state index in [0.717, 1.165) is 67.3 Å². The van der Waals surface area contributed by atoms with Crippen molar-refractivity contribution in [2.24, 2.45) is 0 Å². The van der Waals surface area contributed by atoms with Crippen molar-refractivity contribution in [3.63, 3.8) is 0 Å². The number of methoxy groups -OCH3 is 1. The van der Waals surface area contributed by atoms with Gasteiger partial charge in [-0.2, -0.15) is 5.48 Å². The van der Waals surface area contributed by atoms with Crippen LogP contribution < -0.4 is 19.7 Å². The molecule has 3 rings (SSSR count). The van der Waals surface area contributed by atoms with Crippen LogP contribution in [0.25, 0.3) is 0 Å². The number of fused-ring (bicyclic) bond motifs is 2. The van der Waals surface area contributed by atoms with Crippen molar-refractivity contribution in [2.45, 2.75) is 32.2 Å². The number of hydroxylamine groups is 1. The third-order valence-corrected chi connectivity index (χ3v) is 3.90. The van der Waals surface area contributed by atoms with E-state index in [0.29, 0.717) is 6.54 Å².